The number of aromatic nitrogens is 1. The minimum atomic E-state index is -0.720. The number of aliphatic carboxylic acids is 1. The van der Waals surface area contributed by atoms with Crippen molar-refractivity contribution in [3.8, 4) is 17.1 Å². The Balaban J connectivity index is 1.94. The van der Waals surface area contributed by atoms with E-state index in [9.17, 15) is 4.79 Å². The zero-order valence-electron chi connectivity index (χ0n) is 11.2. The Labute approximate surface area is 117 Å². The van der Waals surface area contributed by atoms with Crippen molar-refractivity contribution in [3.63, 3.8) is 0 Å². The Morgan fingerprint density at radius 1 is 1.25 bits per heavy atom. The van der Waals surface area contributed by atoms with Crippen LogP contribution in [0, 0.1) is 5.92 Å². The first-order valence-electron chi connectivity index (χ1n) is 6.53. The molecule has 1 aromatic carbocycles. The summed E-state index contributed by atoms with van der Waals surface area (Å²) in [6.45, 7) is 0. The van der Waals surface area contributed by atoms with Crippen molar-refractivity contribution in [1.82, 2.24) is 4.98 Å². The van der Waals surface area contributed by atoms with Crippen LogP contribution in [0.1, 0.15) is 11.1 Å². The number of pyridine rings is 1. The molecule has 0 radical (unpaired) electrons. The molecule has 0 amide bonds. The average molecular weight is 269 g/mol. The molecule has 1 aliphatic rings. The van der Waals surface area contributed by atoms with Gasteiger partial charge < -0.3 is 9.84 Å². The van der Waals surface area contributed by atoms with E-state index in [1.54, 1.807) is 13.2 Å². The zero-order valence-corrected chi connectivity index (χ0v) is 11.2. The minimum Gasteiger partial charge on any atom is -0.481 e. The Morgan fingerprint density at radius 2 is 2.05 bits per heavy atom. The topological polar surface area (TPSA) is 59.4 Å². The molecule has 0 bridgehead atoms. The lowest BCUT2D eigenvalue weighted by molar-refractivity contribution is -0.141. The number of ether oxygens (including phenoxy) is 1. The van der Waals surface area contributed by atoms with Crippen LogP contribution in [0.15, 0.2) is 36.4 Å². The first-order valence-corrected chi connectivity index (χ1v) is 6.53. The van der Waals surface area contributed by atoms with E-state index in [0.29, 0.717) is 18.7 Å². The van der Waals surface area contributed by atoms with E-state index < -0.39 is 5.97 Å². The van der Waals surface area contributed by atoms with Crippen molar-refractivity contribution >= 4 is 5.97 Å². The SMILES string of the molecule is COc1cccc(-c2ccc3c(c2)CC(C(=O)O)C3)n1. The molecule has 1 aliphatic carbocycles. The third-order valence-corrected chi connectivity index (χ3v) is 3.72. The maximum Gasteiger partial charge on any atom is 0.307 e. The van der Waals surface area contributed by atoms with Gasteiger partial charge in [0.2, 0.25) is 5.88 Å². The molecule has 1 aromatic heterocycles. The standard InChI is InChI=1S/C16H15NO3/c1-20-15-4-2-3-14(17-15)11-6-5-10-7-13(16(18)19)9-12(10)8-11/h2-6,8,13H,7,9H2,1H3,(H,18,19). The number of nitrogens with zero attached hydrogens (tertiary/aromatic N) is 1. The lowest BCUT2D eigenvalue weighted by atomic mass is 10.0. The summed E-state index contributed by atoms with van der Waals surface area (Å²) in [6, 6.07) is 11.7. The lowest BCUT2D eigenvalue weighted by Gasteiger charge is -2.06. The fourth-order valence-corrected chi connectivity index (χ4v) is 2.64. The van der Waals surface area contributed by atoms with E-state index in [-0.39, 0.29) is 5.92 Å². The summed E-state index contributed by atoms with van der Waals surface area (Å²) in [4.78, 5) is 15.5. The van der Waals surface area contributed by atoms with Gasteiger partial charge in [-0.3, -0.25) is 4.79 Å². The number of benzene rings is 1. The van der Waals surface area contributed by atoms with Crippen LogP contribution in [0.2, 0.25) is 0 Å². The molecule has 1 unspecified atom stereocenters. The predicted octanol–water partition coefficient (Wildman–Crippen LogP) is 2.56. The van der Waals surface area contributed by atoms with Gasteiger partial charge in [-0.05, 0) is 36.1 Å². The Hall–Kier alpha value is -2.36. The number of hydrogen-bond acceptors (Lipinski definition) is 3. The number of hydrogen-bond donors (Lipinski definition) is 1. The number of carbonyl (C=O) groups is 1. The van der Waals surface area contributed by atoms with Crippen molar-refractivity contribution in [1.29, 1.82) is 0 Å². The number of carboxylic acid groups (broad SMARTS) is 1. The Morgan fingerprint density at radius 3 is 2.80 bits per heavy atom. The summed E-state index contributed by atoms with van der Waals surface area (Å²) < 4.78 is 5.13. The second-order valence-electron chi connectivity index (χ2n) is 4.99. The monoisotopic (exact) mass is 269 g/mol. The normalized spacial score (nSPS) is 16.8. The molecular weight excluding hydrogens is 254 g/mol. The quantitative estimate of drug-likeness (QED) is 0.930. The first kappa shape index (κ1) is 12.7. The number of carboxylic acids is 1. The molecule has 0 fully saturated rings. The molecule has 1 heterocycles. The highest BCUT2D eigenvalue weighted by Gasteiger charge is 2.27. The van der Waals surface area contributed by atoms with Gasteiger partial charge in [-0.15, -0.1) is 0 Å². The Kier molecular flexibility index (Phi) is 3.14. The van der Waals surface area contributed by atoms with Crippen LogP contribution in [0.25, 0.3) is 11.3 Å². The van der Waals surface area contributed by atoms with Gasteiger partial charge in [0.05, 0.1) is 18.7 Å². The highest BCUT2D eigenvalue weighted by Crippen LogP contribution is 2.31. The second kappa shape index (κ2) is 4.96. The van der Waals surface area contributed by atoms with Gasteiger partial charge in [0.1, 0.15) is 0 Å². The fourth-order valence-electron chi connectivity index (χ4n) is 2.64. The predicted molar refractivity (Wildman–Crippen MR) is 74.8 cm³/mol. The summed E-state index contributed by atoms with van der Waals surface area (Å²) in [6.07, 6.45) is 1.22. The van der Waals surface area contributed by atoms with Crippen molar-refractivity contribution in [2.24, 2.45) is 5.92 Å². The van der Waals surface area contributed by atoms with Gasteiger partial charge in [0, 0.05) is 11.6 Å². The largest absolute Gasteiger partial charge is 0.481 e. The zero-order chi connectivity index (χ0) is 14.1. The fraction of sp³-hybridized carbons (Fsp3) is 0.250. The number of fused-ring (bicyclic) bond motifs is 1. The molecule has 2 aromatic rings. The molecule has 3 rings (SSSR count). The molecule has 1 N–H and O–H groups in total. The Bertz CT molecular complexity index is 667. The van der Waals surface area contributed by atoms with Crippen LogP contribution in [0.5, 0.6) is 5.88 Å². The average Bonchev–Trinajstić information content (AvgIpc) is 2.90. The summed E-state index contributed by atoms with van der Waals surface area (Å²) >= 11 is 0. The third kappa shape index (κ3) is 2.25. The summed E-state index contributed by atoms with van der Waals surface area (Å²) in [5.41, 5.74) is 4.07. The van der Waals surface area contributed by atoms with E-state index in [1.165, 1.54) is 0 Å². The van der Waals surface area contributed by atoms with Crippen LogP contribution in [0.3, 0.4) is 0 Å². The minimum absolute atomic E-state index is 0.293. The van der Waals surface area contributed by atoms with Crippen LogP contribution in [-0.4, -0.2) is 23.2 Å². The van der Waals surface area contributed by atoms with E-state index in [0.717, 1.165) is 22.4 Å². The molecule has 0 saturated carbocycles. The van der Waals surface area contributed by atoms with E-state index in [4.69, 9.17) is 9.84 Å². The highest BCUT2D eigenvalue weighted by molar-refractivity contribution is 5.73. The lowest BCUT2D eigenvalue weighted by Crippen LogP contribution is -2.12. The summed E-state index contributed by atoms with van der Waals surface area (Å²) in [7, 11) is 1.59. The molecule has 0 saturated heterocycles. The molecule has 20 heavy (non-hydrogen) atoms. The van der Waals surface area contributed by atoms with Gasteiger partial charge in [0.15, 0.2) is 0 Å². The first-order chi connectivity index (χ1) is 9.67. The van der Waals surface area contributed by atoms with Crippen LogP contribution in [-0.2, 0) is 17.6 Å². The van der Waals surface area contributed by atoms with E-state index in [2.05, 4.69) is 4.98 Å². The highest BCUT2D eigenvalue weighted by atomic mass is 16.5. The third-order valence-electron chi connectivity index (χ3n) is 3.72. The van der Waals surface area contributed by atoms with E-state index in [1.807, 2.05) is 30.3 Å². The van der Waals surface area contributed by atoms with Gasteiger partial charge in [-0.25, -0.2) is 4.98 Å². The molecular formula is C16H15NO3. The number of methoxy groups -OCH3 is 1. The number of rotatable bonds is 3. The smallest absolute Gasteiger partial charge is 0.307 e. The van der Waals surface area contributed by atoms with Crippen molar-refractivity contribution in [3.05, 3.63) is 47.5 Å². The summed E-state index contributed by atoms with van der Waals surface area (Å²) in [5, 5.41) is 9.11. The molecule has 4 heteroatoms. The van der Waals surface area contributed by atoms with E-state index >= 15 is 0 Å². The molecule has 102 valence electrons. The van der Waals surface area contributed by atoms with Crippen molar-refractivity contribution < 1.29 is 14.6 Å². The molecule has 4 nitrogen and oxygen atoms in total. The molecule has 0 aliphatic heterocycles. The molecule has 1 atom stereocenters. The second-order valence-corrected chi connectivity index (χ2v) is 4.99. The van der Waals surface area contributed by atoms with Crippen molar-refractivity contribution in [2.45, 2.75) is 12.8 Å². The van der Waals surface area contributed by atoms with Crippen molar-refractivity contribution in [2.75, 3.05) is 7.11 Å². The van der Waals surface area contributed by atoms with Gasteiger partial charge in [0.25, 0.3) is 0 Å². The van der Waals surface area contributed by atoms with Gasteiger partial charge >= 0.3 is 5.97 Å². The maximum atomic E-state index is 11.1. The van der Waals surface area contributed by atoms with Crippen LogP contribution >= 0.6 is 0 Å². The molecule has 0 spiro atoms. The maximum absolute atomic E-state index is 11.1. The summed E-state index contributed by atoms with van der Waals surface area (Å²) in [5.74, 6) is -0.438. The van der Waals surface area contributed by atoms with Crippen LogP contribution in [0.4, 0.5) is 0 Å². The van der Waals surface area contributed by atoms with Crippen LogP contribution < -0.4 is 4.74 Å². The van der Waals surface area contributed by atoms with Gasteiger partial charge in [-0.1, -0.05) is 18.2 Å². The van der Waals surface area contributed by atoms with Gasteiger partial charge in [-0.2, -0.15) is 0 Å².